The second-order valence-corrected chi connectivity index (χ2v) is 7.91. The van der Waals surface area contributed by atoms with Gasteiger partial charge in [0, 0.05) is 0 Å². The molecule has 0 bridgehead atoms. The molecule has 112 valence electrons. The number of halogens is 1. The second kappa shape index (κ2) is 5.21. The van der Waals surface area contributed by atoms with Crippen molar-refractivity contribution in [3.63, 3.8) is 0 Å². The fraction of sp³-hybridized carbons (Fsp3) is 0.0769. The third kappa shape index (κ3) is 3.12. The Kier molecular flexibility index (Phi) is 3.87. The summed E-state index contributed by atoms with van der Waals surface area (Å²) < 4.78 is 60.5. The normalized spacial score (nSPS) is 12.3. The minimum absolute atomic E-state index is 0.131. The Morgan fingerprint density at radius 1 is 0.905 bits per heavy atom. The topological polar surface area (TPSA) is 94.3 Å². The first-order valence-corrected chi connectivity index (χ1v) is 8.79. The van der Waals surface area contributed by atoms with Crippen molar-refractivity contribution < 1.29 is 21.2 Å². The van der Waals surface area contributed by atoms with E-state index in [9.17, 15) is 21.2 Å². The van der Waals surface area contributed by atoms with Crippen molar-refractivity contribution in [3.8, 4) is 0 Å². The molecule has 0 heterocycles. The van der Waals surface area contributed by atoms with Gasteiger partial charge >= 0.3 is 0 Å². The van der Waals surface area contributed by atoms with E-state index < -0.39 is 25.7 Å². The van der Waals surface area contributed by atoms with Crippen LogP contribution in [0.15, 0.2) is 57.2 Å². The molecule has 2 aromatic carbocycles. The number of hydrogen-bond donors (Lipinski definition) is 1. The van der Waals surface area contributed by atoms with Crippen molar-refractivity contribution in [1.29, 1.82) is 0 Å². The maximum Gasteiger partial charge on any atom is 0.238 e. The zero-order valence-electron chi connectivity index (χ0n) is 10.9. The Morgan fingerprint density at radius 3 is 1.95 bits per heavy atom. The molecule has 0 aliphatic carbocycles. The van der Waals surface area contributed by atoms with E-state index >= 15 is 0 Å². The minimum Gasteiger partial charge on any atom is -0.225 e. The van der Waals surface area contributed by atoms with Crippen LogP contribution in [-0.4, -0.2) is 16.8 Å². The molecule has 0 atom stereocenters. The number of benzene rings is 2. The number of primary sulfonamides is 1. The number of sulfone groups is 1. The summed E-state index contributed by atoms with van der Waals surface area (Å²) in [4.78, 5) is -0.609. The van der Waals surface area contributed by atoms with Gasteiger partial charge in [0.25, 0.3) is 0 Å². The van der Waals surface area contributed by atoms with E-state index in [1.165, 1.54) is 19.1 Å². The van der Waals surface area contributed by atoms with Gasteiger partial charge in [-0.3, -0.25) is 0 Å². The Labute approximate surface area is 122 Å². The van der Waals surface area contributed by atoms with Gasteiger partial charge in [0.05, 0.1) is 14.7 Å². The van der Waals surface area contributed by atoms with E-state index in [-0.39, 0.29) is 14.7 Å². The maximum atomic E-state index is 12.9. The number of nitrogens with two attached hydrogens (primary N) is 1. The third-order valence-electron chi connectivity index (χ3n) is 2.90. The van der Waals surface area contributed by atoms with Gasteiger partial charge in [0.1, 0.15) is 5.82 Å². The first-order valence-electron chi connectivity index (χ1n) is 5.76. The molecule has 2 rings (SSSR count). The predicted molar refractivity (Wildman–Crippen MR) is 74.4 cm³/mol. The minimum atomic E-state index is -4.03. The standard InChI is InChI=1S/C13H12FNO4S2/c1-9-2-5-12(8-13(9)21(15,18)19)20(16,17)11-6-3-10(14)4-7-11/h2-8H,1H3,(H2,15,18,19). The summed E-state index contributed by atoms with van der Waals surface area (Å²) in [7, 11) is -7.97. The molecule has 2 N–H and O–H groups in total. The zero-order valence-corrected chi connectivity index (χ0v) is 12.6. The molecule has 0 saturated carbocycles. The molecule has 0 amide bonds. The highest BCUT2D eigenvalue weighted by molar-refractivity contribution is 7.91. The number of aryl methyl sites for hydroxylation is 1. The van der Waals surface area contributed by atoms with Crippen molar-refractivity contribution in [2.24, 2.45) is 5.14 Å². The first-order chi connectivity index (χ1) is 9.62. The molecular formula is C13H12FNO4S2. The van der Waals surface area contributed by atoms with Crippen LogP contribution < -0.4 is 5.14 Å². The highest BCUT2D eigenvalue weighted by atomic mass is 32.2. The Hall–Kier alpha value is -1.77. The fourth-order valence-corrected chi connectivity index (χ4v) is 3.97. The molecule has 21 heavy (non-hydrogen) atoms. The van der Waals surface area contributed by atoms with Crippen molar-refractivity contribution in [1.82, 2.24) is 0 Å². The lowest BCUT2D eigenvalue weighted by molar-refractivity contribution is 0.593. The summed E-state index contributed by atoms with van der Waals surface area (Å²) >= 11 is 0. The molecule has 0 spiro atoms. The molecule has 0 aliphatic rings. The van der Waals surface area contributed by atoms with Gasteiger partial charge in [-0.05, 0) is 48.9 Å². The van der Waals surface area contributed by atoms with Crippen LogP contribution in [-0.2, 0) is 19.9 Å². The lowest BCUT2D eigenvalue weighted by Crippen LogP contribution is -2.14. The maximum absolute atomic E-state index is 12.9. The summed E-state index contributed by atoms with van der Waals surface area (Å²) in [5.41, 5.74) is 0.343. The van der Waals surface area contributed by atoms with Crippen molar-refractivity contribution >= 4 is 19.9 Å². The quantitative estimate of drug-likeness (QED) is 0.866. The molecule has 0 radical (unpaired) electrons. The van der Waals surface area contributed by atoms with Gasteiger partial charge in [0.15, 0.2) is 0 Å². The molecule has 0 fully saturated rings. The molecular weight excluding hydrogens is 317 g/mol. The van der Waals surface area contributed by atoms with E-state index in [0.29, 0.717) is 5.56 Å². The predicted octanol–water partition coefficient (Wildman–Crippen LogP) is 1.61. The van der Waals surface area contributed by atoms with Crippen LogP contribution in [0.5, 0.6) is 0 Å². The van der Waals surface area contributed by atoms with Gasteiger partial charge < -0.3 is 0 Å². The monoisotopic (exact) mass is 329 g/mol. The summed E-state index contributed by atoms with van der Waals surface area (Å²) in [5.74, 6) is -0.567. The number of rotatable bonds is 3. The van der Waals surface area contributed by atoms with Crippen LogP contribution in [0.25, 0.3) is 0 Å². The van der Waals surface area contributed by atoms with Crippen LogP contribution in [0.3, 0.4) is 0 Å². The molecule has 0 unspecified atom stereocenters. The van der Waals surface area contributed by atoms with Crippen LogP contribution in [0.4, 0.5) is 4.39 Å². The van der Waals surface area contributed by atoms with E-state index in [4.69, 9.17) is 5.14 Å². The first kappa shape index (κ1) is 15.6. The van der Waals surface area contributed by atoms with E-state index in [1.807, 2.05) is 0 Å². The van der Waals surface area contributed by atoms with Gasteiger partial charge in [-0.1, -0.05) is 6.07 Å². The second-order valence-electron chi connectivity index (χ2n) is 4.43. The summed E-state index contributed by atoms with van der Waals surface area (Å²) in [6.07, 6.45) is 0. The van der Waals surface area contributed by atoms with Crippen molar-refractivity contribution in [2.45, 2.75) is 21.6 Å². The van der Waals surface area contributed by atoms with Crippen LogP contribution in [0.2, 0.25) is 0 Å². The van der Waals surface area contributed by atoms with E-state index in [0.717, 1.165) is 30.3 Å². The van der Waals surface area contributed by atoms with E-state index in [1.54, 1.807) is 0 Å². The number of hydrogen-bond acceptors (Lipinski definition) is 4. The van der Waals surface area contributed by atoms with Gasteiger partial charge in [0.2, 0.25) is 19.9 Å². The Bertz CT molecular complexity index is 888. The molecule has 2 aromatic rings. The largest absolute Gasteiger partial charge is 0.238 e. The highest BCUT2D eigenvalue weighted by Gasteiger charge is 2.21. The Balaban J connectivity index is 2.64. The molecule has 8 heteroatoms. The van der Waals surface area contributed by atoms with Crippen molar-refractivity contribution in [2.75, 3.05) is 0 Å². The van der Waals surface area contributed by atoms with Gasteiger partial charge in [-0.25, -0.2) is 26.4 Å². The van der Waals surface area contributed by atoms with Crippen LogP contribution >= 0.6 is 0 Å². The smallest absolute Gasteiger partial charge is 0.225 e. The lowest BCUT2D eigenvalue weighted by atomic mass is 10.2. The summed E-state index contributed by atoms with van der Waals surface area (Å²) in [6.45, 7) is 1.51. The van der Waals surface area contributed by atoms with Crippen LogP contribution in [0, 0.1) is 12.7 Å². The van der Waals surface area contributed by atoms with Crippen molar-refractivity contribution in [3.05, 3.63) is 53.8 Å². The lowest BCUT2D eigenvalue weighted by Gasteiger charge is -2.08. The zero-order chi connectivity index (χ0) is 15.8. The summed E-state index contributed by atoms with van der Waals surface area (Å²) in [5, 5.41) is 5.06. The Morgan fingerprint density at radius 2 is 1.43 bits per heavy atom. The van der Waals surface area contributed by atoms with E-state index in [2.05, 4.69) is 0 Å². The summed E-state index contributed by atoms with van der Waals surface area (Å²) in [6, 6.07) is 7.90. The third-order valence-corrected chi connectivity index (χ3v) is 5.72. The van der Waals surface area contributed by atoms with Gasteiger partial charge in [-0.15, -0.1) is 0 Å². The fourth-order valence-electron chi connectivity index (χ4n) is 1.80. The molecule has 5 nitrogen and oxygen atoms in total. The molecule has 0 saturated heterocycles. The molecule has 0 aromatic heterocycles. The number of sulfonamides is 1. The SMILES string of the molecule is Cc1ccc(S(=O)(=O)c2ccc(F)cc2)cc1S(N)(=O)=O. The average molecular weight is 329 g/mol. The van der Waals surface area contributed by atoms with Gasteiger partial charge in [-0.2, -0.15) is 0 Å². The average Bonchev–Trinajstić information content (AvgIpc) is 2.38. The van der Waals surface area contributed by atoms with Crippen LogP contribution in [0.1, 0.15) is 5.56 Å². The molecule has 0 aliphatic heterocycles. The highest BCUT2D eigenvalue weighted by Crippen LogP contribution is 2.24.